The highest BCUT2D eigenvalue weighted by atomic mass is 35.5. The average molecular weight is 275 g/mol. The quantitative estimate of drug-likeness (QED) is 0.846. The largest absolute Gasteiger partial charge is 0.391 e. The summed E-state index contributed by atoms with van der Waals surface area (Å²) in [5.74, 6) is 0. The van der Waals surface area contributed by atoms with Crippen molar-refractivity contribution in [2.75, 3.05) is 0 Å². The number of pyridine rings is 1. The molecule has 3 rings (SSSR count). The minimum absolute atomic E-state index is 0.00752. The molecule has 1 aliphatic rings. The zero-order chi connectivity index (χ0) is 13.2. The molecule has 0 bridgehead atoms. The van der Waals surface area contributed by atoms with Crippen LogP contribution in [0.2, 0.25) is 5.15 Å². The minimum atomic E-state index is -0.363. The molecule has 4 heteroatoms. The average Bonchev–Trinajstić information content (AvgIpc) is 2.74. The molecule has 0 saturated carbocycles. The number of rotatable bonds is 3. The monoisotopic (exact) mass is 274 g/mol. The van der Waals surface area contributed by atoms with Gasteiger partial charge < -0.3 is 10.4 Å². The molecule has 0 fully saturated rings. The van der Waals surface area contributed by atoms with E-state index in [-0.39, 0.29) is 12.1 Å². The van der Waals surface area contributed by atoms with Crippen molar-refractivity contribution < 1.29 is 5.11 Å². The Balaban J connectivity index is 1.72. The Kier molecular flexibility index (Phi) is 3.51. The number of aliphatic hydroxyl groups excluding tert-OH is 1. The van der Waals surface area contributed by atoms with Crippen molar-refractivity contribution in [1.29, 1.82) is 0 Å². The zero-order valence-corrected chi connectivity index (χ0v) is 11.1. The Hall–Kier alpha value is -1.42. The SMILES string of the molecule is O[C@H]1Cc2ccccc2[C@H]1NCc1ccc(Cl)nc1. The molecule has 1 aliphatic carbocycles. The molecule has 2 N–H and O–H groups in total. The molecule has 98 valence electrons. The van der Waals surface area contributed by atoms with Gasteiger partial charge in [-0.25, -0.2) is 4.98 Å². The molecule has 1 aromatic heterocycles. The van der Waals surface area contributed by atoms with E-state index in [1.165, 1.54) is 11.1 Å². The Morgan fingerprint density at radius 2 is 2.11 bits per heavy atom. The second kappa shape index (κ2) is 5.29. The fraction of sp³-hybridized carbons (Fsp3) is 0.267. The van der Waals surface area contributed by atoms with Crippen LogP contribution < -0.4 is 5.32 Å². The number of benzene rings is 1. The lowest BCUT2D eigenvalue weighted by atomic mass is 10.1. The summed E-state index contributed by atoms with van der Waals surface area (Å²) in [5.41, 5.74) is 3.47. The van der Waals surface area contributed by atoms with Gasteiger partial charge >= 0.3 is 0 Å². The number of hydrogen-bond donors (Lipinski definition) is 2. The van der Waals surface area contributed by atoms with Crippen LogP contribution in [-0.4, -0.2) is 16.2 Å². The van der Waals surface area contributed by atoms with E-state index in [1.807, 2.05) is 18.2 Å². The third-order valence-corrected chi connectivity index (χ3v) is 3.74. The Labute approximate surface area is 117 Å². The standard InChI is InChI=1S/C15H15ClN2O/c16-14-6-5-10(8-17-14)9-18-15-12-4-2-1-3-11(12)7-13(15)19/h1-6,8,13,15,18-19H,7,9H2/t13-,15+/m0/s1. The maximum atomic E-state index is 10.1. The Morgan fingerprint density at radius 1 is 1.26 bits per heavy atom. The number of hydrogen-bond acceptors (Lipinski definition) is 3. The Morgan fingerprint density at radius 3 is 2.89 bits per heavy atom. The molecule has 2 atom stereocenters. The van der Waals surface area contributed by atoms with Crippen molar-refractivity contribution in [2.45, 2.75) is 25.1 Å². The van der Waals surface area contributed by atoms with Crippen molar-refractivity contribution in [1.82, 2.24) is 10.3 Å². The summed E-state index contributed by atoms with van der Waals surface area (Å²) in [7, 11) is 0. The van der Waals surface area contributed by atoms with Crippen LogP contribution >= 0.6 is 11.6 Å². The fourth-order valence-corrected chi connectivity index (χ4v) is 2.67. The molecule has 19 heavy (non-hydrogen) atoms. The van der Waals surface area contributed by atoms with E-state index in [0.29, 0.717) is 18.1 Å². The number of aromatic nitrogens is 1. The first-order valence-electron chi connectivity index (χ1n) is 6.34. The molecule has 1 aromatic carbocycles. The Bertz CT molecular complexity index is 571. The van der Waals surface area contributed by atoms with E-state index in [4.69, 9.17) is 11.6 Å². The molecule has 0 aliphatic heterocycles. The van der Waals surface area contributed by atoms with Crippen molar-refractivity contribution in [2.24, 2.45) is 0 Å². The summed E-state index contributed by atoms with van der Waals surface area (Å²) in [6.07, 6.45) is 2.10. The summed E-state index contributed by atoms with van der Waals surface area (Å²) in [6.45, 7) is 0.667. The smallest absolute Gasteiger partial charge is 0.129 e. The third kappa shape index (κ3) is 2.63. The van der Waals surface area contributed by atoms with E-state index >= 15 is 0 Å². The van der Waals surface area contributed by atoms with Gasteiger partial charge in [0.15, 0.2) is 0 Å². The van der Waals surface area contributed by atoms with Gasteiger partial charge in [0.1, 0.15) is 5.15 Å². The van der Waals surface area contributed by atoms with Crippen molar-refractivity contribution >= 4 is 11.6 Å². The molecule has 3 nitrogen and oxygen atoms in total. The summed E-state index contributed by atoms with van der Waals surface area (Å²) >= 11 is 5.76. The molecule has 0 unspecified atom stereocenters. The van der Waals surface area contributed by atoms with Crippen LogP contribution in [0.4, 0.5) is 0 Å². The van der Waals surface area contributed by atoms with Crippen LogP contribution in [0.1, 0.15) is 22.7 Å². The van der Waals surface area contributed by atoms with E-state index < -0.39 is 0 Å². The number of nitrogens with one attached hydrogen (secondary N) is 1. The maximum Gasteiger partial charge on any atom is 0.129 e. The van der Waals surface area contributed by atoms with Crippen LogP contribution in [0.15, 0.2) is 42.6 Å². The number of aliphatic hydroxyl groups is 1. The molecule has 2 aromatic rings. The highest BCUT2D eigenvalue weighted by Crippen LogP contribution is 2.31. The first-order chi connectivity index (χ1) is 9.24. The van der Waals surface area contributed by atoms with Gasteiger partial charge in [0.2, 0.25) is 0 Å². The van der Waals surface area contributed by atoms with Crippen molar-refractivity contribution in [3.05, 3.63) is 64.4 Å². The predicted octanol–water partition coefficient (Wildman–Crippen LogP) is 2.48. The normalized spacial score (nSPS) is 21.4. The third-order valence-electron chi connectivity index (χ3n) is 3.52. The lowest BCUT2D eigenvalue weighted by molar-refractivity contribution is 0.140. The lowest BCUT2D eigenvalue weighted by Crippen LogP contribution is -2.28. The van der Waals surface area contributed by atoms with Crippen LogP contribution in [0.5, 0.6) is 0 Å². The topological polar surface area (TPSA) is 45.1 Å². The summed E-state index contributed by atoms with van der Waals surface area (Å²) < 4.78 is 0. The molecule has 0 amide bonds. The first kappa shape index (κ1) is 12.6. The highest BCUT2D eigenvalue weighted by Gasteiger charge is 2.29. The molecule has 0 spiro atoms. The molecule has 0 radical (unpaired) electrons. The summed E-state index contributed by atoms with van der Waals surface area (Å²) in [5, 5.41) is 14.0. The first-order valence-corrected chi connectivity index (χ1v) is 6.71. The fourth-order valence-electron chi connectivity index (χ4n) is 2.56. The zero-order valence-electron chi connectivity index (χ0n) is 10.4. The van der Waals surface area contributed by atoms with Gasteiger partial charge in [-0.15, -0.1) is 0 Å². The van der Waals surface area contributed by atoms with Gasteiger partial charge in [-0.3, -0.25) is 0 Å². The minimum Gasteiger partial charge on any atom is -0.391 e. The van der Waals surface area contributed by atoms with Crippen LogP contribution in [0.25, 0.3) is 0 Å². The van der Waals surface area contributed by atoms with Crippen LogP contribution in [0.3, 0.4) is 0 Å². The summed E-state index contributed by atoms with van der Waals surface area (Å²) in [4.78, 5) is 4.05. The second-order valence-corrected chi connectivity index (χ2v) is 5.21. The number of halogens is 1. The van der Waals surface area contributed by atoms with Crippen molar-refractivity contribution in [3.8, 4) is 0 Å². The van der Waals surface area contributed by atoms with Gasteiger partial charge in [0.05, 0.1) is 12.1 Å². The van der Waals surface area contributed by atoms with Crippen LogP contribution in [-0.2, 0) is 13.0 Å². The molecule has 0 saturated heterocycles. The van der Waals surface area contributed by atoms with Gasteiger partial charge in [0, 0.05) is 19.2 Å². The van der Waals surface area contributed by atoms with Gasteiger partial charge in [-0.1, -0.05) is 41.9 Å². The predicted molar refractivity (Wildman–Crippen MR) is 75.0 cm³/mol. The molecular weight excluding hydrogens is 260 g/mol. The molecule has 1 heterocycles. The summed E-state index contributed by atoms with van der Waals surface area (Å²) in [6, 6.07) is 11.9. The molecular formula is C15H15ClN2O. The maximum absolute atomic E-state index is 10.1. The van der Waals surface area contributed by atoms with Crippen molar-refractivity contribution in [3.63, 3.8) is 0 Å². The van der Waals surface area contributed by atoms with Gasteiger partial charge in [-0.05, 0) is 22.8 Å². The van der Waals surface area contributed by atoms with E-state index in [2.05, 4.69) is 22.4 Å². The van der Waals surface area contributed by atoms with E-state index in [9.17, 15) is 5.11 Å². The highest BCUT2D eigenvalue weighted by molar-refractivity contribution is 6.29. The van der Waals surface area contributed by atoms with Gasteiger partial charge in [0.25, 0.3) is 0 Å². The number of nitrogens with zero attached hydrogens (tertiary/aromatic N) is 1. The van der Waals surface area contributed by atoms with E-state index in [1.54, 1.807) is 12.3 Å². The lowest BCUT2D eigenvalue weighted by Gasteiger charge is -2.17. The van der Waals surface area contributed by atoms with E-state index in [0.717, 1.165) is 5.56 Å². The van der Waals surface area contributed by atoms with Gasteiger partial charge in [-0.2, -0.15) is 0 Å². The number of fused-ring (bicyclic) bond motifs is 1. The second-order valence-electron chi connectivity index (χ2n) is 4.82. The van der Waals surface area contributed by atoms with Crippen LogP contribution in [0, 0.1) is 0 Å².